The number of thiocarbonyl (C=S) groups is 1. The number of furan rings is 1. The Balaban J connectivity index is 1.66. The van der Waals surface area contributed by atoms with Crippen LogP contribution < -0.4 is 4.90 Å². The van der Waals surface area contributed by atoms with Crippen LogP contribution in [0, 0.1) is 6.92 Å². The van der Waals surface area contributed by atoms with Crippen molar-refractivity contribution in [3.63, 3.8) is 0 Å². The highest BCUT2D eigenvalue weighted by atomic mass is 32.2. The molecule has 1 fully saturated rings. The van der Waals surface area contributed by atoms with Crippen molar-refractivity contribution in [3.8, 4) is 11.3 Å². The van der Waals surface area contributed by atoms with Gasteiger partial charge in [-0.25, -0.2) is 9.59 Å². The summed E-state index contributed by atoms with van der Waals surface area (Å²) in [6, 6.07) is 14.4. The number of nitrogens with zero attached hydrogens (tertiary/aromatic N) is 1. The maximum Gasteiger partial charge on any atom is 0.335 e. The molecule has 0 saturated carbocycles. The minimum atomic E-state index is -1.25. The molecule has 0 aliphatic carbocycles. The summed E-state index contributed by atoms with van der Waals surface area (Å²) >= 11 is 6.55. The number of thioether (sulfide) groups is 1. The second-order valence-electron chi connectivity index (χ2n) is 6.91. The van der Waals surface area contributed by atoms with Gasteiger partial charge in [0.15, 0.2) is 4.32 Å². The fourth-order valence-corrected chi connectivity index (χ4v) is 4.49. The number of anilines is 1. The lowest BCUT2D eigenvalue weighted by molar-refractivity contribution is -0.113. The van der Waals surface area contributed by atoms with Crippen molar-refractivity contribution in [1.82, 2.24) is 0 Å². The van der Waals surface area contributed by atoms with Gasteiger partial charge < -0.3 is 14.6 Å². The van der Waals surface area contributed by atoms with E-state index in [2.05, 4.69) is 0 Å². The molecule has 2 heterocycles. The van der Waals surface area contributed by atoms with Gasteiger partial charge in [0.1, 0.15) is 11.5 Å². The Labute approximate surface area is 192 Å². The summed E-state index contributed by atoms with van der Waals surface area (Å²) in [5, 5.41) is 18.5. The van der Waals surface area contributed by atoms with Crippen molar-refractivity contribution in [2.45, 2.75) is 6.92 Å². The number of para-hydroxylation sites is 1. The van der Waals surface area contributed by atoms with E-state index in [1.54, 1.807) is 18.2 Å². The van der Waals surface area contributed by atoms with Crippen LogP contribution in [-0.4, -0.2) is 32.4 Å². The highest BCUT2D eigenvalue weighted by Gasteiger charge is 2.34. The highest BCUT2D eigenvalue weighted by molar-refractivity contribution is 8.27. The fraction of sp³-hybridized carbons (Fsp3) is 0.0435. The Morgan fingerprint density at radius 1 is 1.03 bits per heavy atom. The fourth-order valence-electron chi connectivity index (χ4n) is 3.22. The molecule has 4 rings (SSSR count). The van der Waals surface area contributed by atoms with Gasteiger partial charge in [0.2, 0.25) is 0 Å². The predicted octanol–water partition coefficient (Wildman–Crippen LogP) is 5.06. The van der Waals surface area contributed by atoms with Crippen molar-refractivity contribution < 1.29 is 29.0 Å². The molecule has 1 aromatic heterocycles. The minimum Gasteiger partial charge on any atom is -0.478 e. The molecule has 0 unspecified atom stereocenters. The van der Waals surface area contributed by atoms with E-state index in [-0.39, 0.29) is 22.8 Å². The van der Waals surface area contributed by atoms with Crippen LogP contribution in [0.3, 0.4) is 0 Å². The molecule has 0 spiro atoms. The Kier molecular flexibility index (Phi) is 5.68. The van der Waals surface area contributed by atoms with Gasteiger partial charge >= 0.3 is 11.9 Å². The number of carbonyl (C=O) groups is 3. The number of aryl methyl sites for hydroxylation is 1. The Morgan fingerprint density at radius 2 is 1.69 bits per heavy atom. The van der Waals surface area contributed by atoms with E-state index in [1.807, 2.05) is 31.2 Å². The van der Waals surface area contributed by atoms with Gasteiger partial charge in [0.25, 0.3) is 5.91 Å². The lowest BCUT2D eigenvalue weighted by Crippen LogP contribution is -2.28. The number of hydrogen-bond acceptors (Lipinski definition) is 6. The van der Waals surface area contributed by atoms with Crippen LogP contribution in [0.1, 0.15) is 32.0 Å². The molecule has 1 aliphatic rings. The van der Waals surface area contributed by atoms with Crippen LogP contribution in [0.4, 0.5) is 5.69 Å². The molecule has 1 amide bonds. The Morgan fingerprint density at radius 3 is 2.31 bits per heavy atom. The van der Waals surface area contributed by atoms with E-state index < -0.39 is 11.9 Å². The molecule has 2 N–H and O–H groups in total. The van der Waals surface area contributed by atoms with Crippen molar-refractivity contribution in [3.05, 3.63) is 82.0 Å². The first-order chi connectivity index (χ1) is 15.2. The molecule has 3 aromatic rings. The first kappa shape index (κ1) is 21.5. The Bertz CT molecular complexity index is 1290. The number of carboxylic acid groups (broad SMARTS) is 2. The number of carboxylic acids is 2. The van der Waals surface area contributed by atoms with Crippen molar-refractivity contribution >= 4 is 57.9 Å². The molecule has 160 valence electrons. The standard InChI is InChI=1S/C23H15NO6S2/c1-12-4-2-3-5-17(12)24-20(25)19(32-23(24)31)11-16-6-7-18(30-16)13-8-14(21(26)27)10-15(9-13)22(28)29/h2-11H,1H3,(H,26,27)(H,28,29)/b19-11+. The van der Waals surface area contributed by atoms with Gasteiger partial charge in [0.05, 0.1) is 21.7 Å². The quantitative estimate of drug-likeness (QED) is 0.398. The lowest BCUT2D eigenvalue weighted by atomic mass is 10.0. The van der Waals surface area contributed by atoms with Gasteiger partial charge in [-0.05, 0) is 48.9 Å². The molecule has 1 aliphatic heterocycles. The Hall–Kier alpha value is -3.69. The summed E-state index contributed by atoms with van der Waals surface area (Å²) in [5.74, 6) is -2.14. The van der Waals surface area contributed by atoms with Crippen LogP contribution in [0.5, 0.6) is 0 Å². The van der Waals surface area contributed by atoms with Gasteiger partial charge in [-0.15, -0.1) is 0 Å². The minimum absolute atomic E-state index is 0.169. The van der Waals surface area contributed by atoms with E-state index in [0.29, 0.717) is 26.2 Å². The summed E-state index contributed by atoms with van der Waals surface area (Å²) in [7, 11) is 0. The van der Waals surface area contributed by atoms with Crippen molar-refractivity contribution in [1.29, 1.82) is 0 Å². The first-order valence-corrected chi connectivity index (χ1v) is 10.5. The van der Waals surface area contributed by atoms with Gasteiger partial charge in [-0.3, -0.25) is 9.69 Å². The molecule has 9 heteroatoms. The topological polar surface area (TPSA) is 108 Å². The smallest absolute Gasteiger partial charge is 0.335 e. The number of hydrogen-bond donors (Lipinski definition) is 2. The average molecular weight is 466 g/mol. The van der Waals surface area contributed by atoms with Gasteiger partial charge in [0, 0.05) is 11.6 Å². The molecule has 32 heavy (non-hydrogen) atoms. The highest BCUT2D eigenvalue weighted by Crippen LogP contribution is 2.37. The zero-order valence-electron chi connectivity index (χ0n) is 16.6. The second-order valence-corrected chi connectivity index (χ2v) is 8.59. The lowest BCUT2D eigenvalue weighted by Gasteiger charge is -2.16. The van der Waals surface area contributed by atoms with Crippen LogP contribution in [0.25, 0.3) is 17.4 Å². The summed E-state index contributed by atoms with van der Waals surface area (Å²) in [4.78, 5) is 37.5. The maximum absolute atomic E-state index is 13.0. The monoisotopic (exact) mass is 465 g/mol. The van der Waals surface area contributed by atoms with E-state index in [4.69, 9.17) is 16.6 Å². The summed E-state index contributed by atoms with van der Waals surface area (Å²) < 4.78 is 6.16. The van der Waals surface area contributed by atoms with Gasteiger partial charge in [-0.1, -0.05) is 42.2 Å². The predicted molar refractivity (Wildman–Crippen MR) is 125 cm³/mol. The third-order valence-electron chi connectivity index (χ3n) is 4.76. The van der Waals surface area contributed by atoms with Crippen LogP contribution in [0.15, 0.2) is 63.9 Å². The molecular weight excluding hydrogens is 450 g/mol. The van der Waals surface area contributed by atoms with Gasteiger partial charge in [-0.2, -0.15) is 0 Å². The molecular formula is C23H15NO6S2. The number of rotatable bonds is 5. The molecule has 0 radical (unpaired) electrons. The zero-order chi connectivity index (χ0) is 23.0. The van der Waals surface area contributed by atoms with E-state index in [0.717, 1.165) is 23.4 Å². The largest absolute Gasteiger partial charge is 0.478 e. The van der Waals surface area contributed by atoms with Crippen molar-refractivity contribution in [2.75, 3.05) is 4.90 Å². The number of aromatic carboxylic acids is 2. The SMILES string of the molecule is Cc1ccccc1N1C(=O)/C(=C\c2ccc(-c3cc(C(=O)O)cc(C(=O)O)c3)o2)SC1=S. The molecule has 1 saturated heterocycles. The number of amides is 1. The van der Waals surface area contributed by atoms with Crippen LogP contribution in [0.2, 0.25) is 0 Å². The molecule has 7 nitrogen and oxygen atoms in total. The summed E-state index contributed by atoms with van der Waals surface area (Å²) in [5.41, 5.74) is 1.59. The normalized spacial score (nSPS) is 14.9. The zero-order valence-corrected chi connectivity index (χ0v) is 18.2. The van der Waals surface area contributed by atoms with Crippen molar-refractivity contribution in [2.24, 2.45) is 0 Å². The molecule has 2 aromatic carbocycles. The van der Waals surface area contributed by atoms with Crippen LogP contribution in [-0.2, 0) is 4.79 Å². The number of benzene rings is 2. The average Bonchev–Trinajstić information content (AvgIpc) is 3.33. The maximum atomic E-state index is 13.0. The molecule has 0 bridgehead atoms. The van der Waals surface area contributed by atoms with Crippen LogP contribution >= 0.6 is 24.0 Å². The summed E-state index contributed by atoms with van der Waals surface area (Å²) in [6.07, 6.45) is 1.56. The third-order valence-corrected chi connectivity index (χ3v) is 6.06. The number of carbonyl (C=O) groups excluding carboxylic acids is 1. The van der Waals surface area contributed by atoms with E-state index in [1.165, 1.54) is 17.0 Å². The second kappa shape index (κ2) is 8.45. The molecule has 0 atom stereocenters. The summed E-state index contributed by atoms with van der Waals surface area (Å²) in [6.45, 7) is 1.90. The third kappa shape index (κ3) is 4.08. The van der Waals surface area contributed by atoms with E-state index in [9.17, 15) is 24.6 Å². The first-order valence-electron chi connectivity index (χ1n) is 9.30. The van der Waals surface area contributed by atoms with E-state index >= 15 is 0 Å².